The van der Waals surface area contributed by atoms with Crippen LogP contribution in [0.5, 0.6) is 0 Å². The van der Waals surface area contributed by atoms with Gasteiger partial charge in [0.05, 0.1) is 12.0 Å². The number of hydrogen-bond acceptors (Lipinski definition) is 4. The predicted octanol–water partition coefficient (Wildman–Crippen LogP) is 2.52. The first-order valence-electron chi connectivity index (χ1n) is 7.31. The number of rotatable bonds is 4. The molecule has 21 heavy (non-hydrogen) atoms. The van der Waals surface area contributed by atoms with Gasteiger partial charge in [-0.1, -0.05) is 44.2 Å². The third-order valence-electron chi connectivity index (χ3n) is 4.66. The Hall–Kier alpha value is -0.935. The minimum absolute atomic E-state index is 0.215. The first-order chi connectivity index (χ1) is 10.0. The summed E-state index contributed by atoms with van der Waals surface area (Å²) in [5, 5.41) is 0.545. The Morgan fingerprint density at radius 1 is 1.38 bits per heavy atom. The van der Waals surface area contributed by atoms with Gasteiger partial charge >= 0.3 is 5.97 Å². The predicted molar refractivity (Wildman–Crippen MR) is 84.2 cm³/mol. The fourth-order valence-electron chi connectivity index (χ4n) is 3.36. The van der Waals surface area contributed by atoms with Gasteiger partial charge in [-0.15, -0.1) is 0 Å². The highest BCUT2D eigenvalue weighted by Crippen LogP contribution is 2.56. The van der Waals surface area contributed by atoms with E-state index in [0.717, 1.165) is 5.56 Å². The van der Waals surface area contributed by atoms with Gasteiger partial charge in [-0.25, -0.2) is 0 Å². The summed E-state index contributed by atoms with van der Waals surface area (Å²) in [4.78, 5) is 12.2. The maximum absolute atomic E-state index is 12.2. The van der Waals surface area contributed by atoms with Gasteiger partial charge in [0.15, 0.2) is 0 Å². The summed E-state index contributed by atoms with van der Waals surface area (Å²) in [6, 6.07) is 9.42. The van der Waals surface area contributed by atoms with Crippen molar-refractivity contribution < 1.29 is 14.3 Å². The molecule has 3 nitrogen and oxygen atoms in total. The average Bonchev–Trinajstić information content (AvgIpc) is 2.84. The number of thioether (sulfide) groups is 1. The topological polar surface area (TPSA) is 35.5 Å². The molecule has 5 heteroatoms. The van der Waals surface area contributed by atoms with Crippen LogP contribution in [-0.2, 0) is 20.9 Å². The normalized spacial score (nSPS) is 37.6. The summed E-state index contributed by atoms with van der Waals surface area (Å²) in [5.74, 6) is 0.0599. The highest BCUT2D eigenvalue weighted by Gasteiger charge is 2.61. The Balaban J connectivity index is 1.62. The van der Waals surface area contributed by atoms with Crippen molar-refractivity contribution in [2.75, 3.05) is 0 Å². The Kier molecular flexibility index (Phi) is 4.06. The summed E-state index contributed by atoms with van der Waals surface area (Å²) < 4.78 is 11.3. The van der Waals surface area contributed by atoms with Crippen molar-refractivity contribution in [2.45, 2.75) is 49.0 Å². The number of esters is 1. The van der Waals surface area contributed by atoms with Crippen molar-refractivity contribution >= 4 is 25.6 Å². The number of hydrogen-bond donors (Lipinski definition) is 0. The molecule has 1 aromatic rings. The average molecular weight is 302 g/mol. The Morgan fingerprint density at radius 2 is 2.10 bits per heavy atom. The third-order valence-corrected chi connectivity index (χ3v) is 6.45. The maximum atomic E-state index is 12.2. The molecule has 1 aromatic carbocycles. The molecule has 0 N–H and O–H groups in total. The smallest absolute Gasteiger partial charge is 0.309 e. The van der Waals surface area contributed by atoms with Crippen LogP contribution in [0, 0.1) is 5.92 Å². The molecule has 2 fully saturated rings. The third kappa shape index (κ3) is 2.62. The van der Waals surface area contributed by atoms with E-state index in [4.69, 9.17) is 17.3 Å². The van der Waals surface area contributed by atoms with Gasteiger partial charge in [0.1, 0.15) is 14.5 Å². The Bertz CT molecular complexity index is 524. The Morgan fingerprint density at radius 3 is 2.71 bits per heavy atom. The van der Waals surface area contributed by atoms with Crippen LogP contribution in [0.25, 0.3) is 0 Å². The molecular formula is C16H19BO3S. The second-order valence-corrected chi connectivity index (χ2v) is 7.42. The zero-order valence-corrected chi connectivity index (χ0v) is 13.1. The van der Waals surface area contributed by atoms with Gasteiger partial charge < -0.3 is 9.47 Å². The fourth-order valence-corrected chi connectivity index (χ4v) is 5.10. The van der Waals surface area contributed by atoms with Crippen LogP contribution in [0.1, 0.15) is 25.8 Å². The van der Waals surface area contributed by atoms with Gasteiger partial charge in [-0.3, -0.25) is 4.79 Å². The number of fused-ring (bicyclic) bond motifs is 2. The molecule has 3 rings (SSSR count). The molecule has 2 heterocycles. The van der Waals surface area contributed by atoms with Gasteiger partial charge in [0.25, 0.3) is 0 Å². The number of ether oxygens (including phenoxy) is 2. The van der Waals surface area contributed by atoms with Crippen molar-refractivity contribution in [1.82, 2.24) is 0 Å². The van der Waals surface area contributed by atoms with Crippen LogP contribution in [0.4, 0.5) is 0 Å². The van der Waals surface area contributed by atoms with Crippen molar-refractivity contribution in [3.8, 4) is 0 Å². The molecule has 2 aliphatic rings. The molecule has 2 aliphatic heterocycles. The van der Waals surface area contributed by atoms with Gasteiger partial charge in [0.2, 0.25) is 0 Å². The van der Waals surface area contributed by atoms with Crippen molar-refractivity contribution in [3.63, 3.8) is 0 Å². The second kappa shape index (κ2) is 5.69. The standard InChI is InChI=1S/C16H19BO3S/c1-10-14-15(17)20-16(10,11(2)21-14)8-13(18)19-9-12-6-4-3-5-7-12/h3-7,10-11,14-15H,8-9H2,1-2H3/t10?,11?,14?,15-,16-/m1/s1. The van der Waals surface area contributed by atoms with Crippen LogP contribution in [0.15, 0.2) is 30.3 Å². The lowest BCUT2D eigenvalue weighted by Gasteiger charge is -2.35. The van der Waals surface area contributed by atoms with Gasteiger partial charge in [0, 0.05) is 22.4 Å². The van der Waals surface area contributed by atoms with E-state index in [0.29, 0.717) is 6.61 Å². The van der Waals surface area contributed by atoms with E-state index in [1.807, 2.05) is 42.1 Å². The molecule has 0 aromatic heterocycles. The highest BCUT2D eigenvalue weighted by molar-refractivity contribution is 8.01. The molecule has 2 saturated heterocycles. The molecular weight excluding hydrogens is 283 g/mol. The molecule has 0 aliphatic carbocycles. The van der Waals surface area contributed by atoms with Crippen molar-refractivity contribution in [2.24, 2.45) is 5.92 Å². The van der Waals surface area contributed by atoms with Crippen molar-refractivity contribution in [3.05, 3.63) is 35.9 Å². The van der Waals surface area contributed by atoms with E-state index in [1.165, 1.54) is 0 Å². The maximum Gasteiger partial charge on any atom is 0.309 e. The van der Waals surface area contributed by atoms with E-state index in [9.17, 15) is 4.79 Å². The summed E-state index contributed by atoms with van der Waals surface area (Å²) in [7, 11) is 6.00. The molecule has 3 unspecified atom stereocenters. The summed E-state index contributed by atoms with van der Waals surface area (Å²) >= 11 is 1.83. The van der Waals surface area contributed by atoms with Crippen molar-refractivity contribution in [1.29, 1.82) is 0 Å². The first-order valence-corrected chi connectivity index (χ1v) is 8.25. The molecule has 0 spiro atoms. The van der Waals surface area contributed by atoms with E-state index in [1.54, 1.807) is 0 Å². The Labute approximate surface area is 131 Å². The van der Waals surface area contributed by atoms with E-state index in [-0.39, 0.29) is 34.8 Å². The lowest BCUT2D eigenvalue weighted by atomic mass is 9.82. The van der Waals surface area contributed by atoms with E-state index in [2.05, 4.69) is 13.8 Å². The van der Waals surface area contributed by atoms with Crippen LogP contribution in [0.3, 0.4) is 0 Å². The van der Waals surface area contributed by atoms with Crippen LogP contribution >= 0.6 is 11.8 Å². The van der Waals surface area contributed by atoms with E-state index >= 15 is 0 Å². The molecule has 2 radical (unpaired) electrons. The fraction of sp³-hybridized carbons (Fsp3) is 0.562. The monoisotopic (exact) mass is 302 g/mol. The number of carbonyl (C=O) groups excluding carboxylic acids is 1. The first kappa shape index (κ1) is 15.0. The molecule has 0 saturated carbocycles. The van der Waals surface area contributed by atoms with Gasteiger partial charge in [-0.05, 0) is 5.56 Å². The molecule has 5 atom stereocenters. The van der Waals surface area contributed by atoms with Crippen LogP contribution in [0.2, 0.25) is 0 Å². The quantitative estimate of drug-likeness (QED) is 0.632. The minimum atomic E-state index is -0.470. The number of benzene rings is 1. The second-order valence-electron chi connectivity index (χ2n) is 5.89. The highest BCUT2D eigenvalue weighted by atomic mass is 32.2. The lowest BCUT2D eigenvalue weighted by Crippen LogP contribution is -2.44. The molecule has 2 bridgehead atoms. The van der Waals surface area contributed by atoms with Gasteiger partial charge in [-0.2, -0.15) is 11.8 Å². The largest absolute Gasteiger partial charge is 0.461 e. The lowest BCUT2D eigenvalue weighted by molar-refractivity contribution is -0.153. The summed E-state index contributed by atoms with van der Waals surface area (Å²) in [5.41, 5.74) is 0.523. The molecule has 110 valence electrons. The zero-order valence-electron chi connectivity index (χ0n) is 12.3. The minimum Gasteiger partial charge on any atom is -0.461 e. The van der Waals surface area contributed by atoms with Crippen LogP contribution < -0.4 is 0 Å². The number of carbonyl (C=O) groups is 1. The summed E-state index contributed by atoms with van der Waals surface area (Å²) in [6.45, 7) is 4.54. The van der Waals surface area contributed by atoms with Crippen LogP contribution in [-0.4, -0.2) is 35.9 Å². The van der Waals surface area contributed by atoms with E-state index < -0.39 is 5.60 Å². The summed E-state index contributed by atoms with van der Waals surface area (Å²) in [6.07, 6.45) is 0.277. The molecule has 0 amide bonds. The SMILES string of the molecule is [B][C@@H]1O[C@@]2(CC(=O)OCc3ccccc3)C(C)SC1C2C. The zero-order chi connectivity index (χ0) is 15.0.